The standard InChI is InChI=1S/C8H13NO/c1-7-4-2-3-5-8(7)6-9-10/h2,4,6-8,10H,3,5H2,1H3/b9-6+. The lowest BCUT2D eigenvalue weighted by atomic mass is 9.86. The fraction of sp³-hybridized carbons (Fsp3) is 0.625. The lowest BCUT2D eigenvalue weighted by Gasteiger charge is -2.19. The van der Waals surface area contributed by atoms with Gasteiger partial charge < -0.3 is 5.21 Å². The molecule has 2 unspecified atom stereocenters. The summed E-state index contributed by atoms with van der Waals surface area (Å²) in [6, 6.07) is 0. The Morgan fingerprint density at radius 2 is 2.50 bits per heavy atom. The first kappa shape index (κ1) is 7.32. The van der Waals surface area contributed by atoms with Gasteiger partial charge in [0.15, 0.2) is 0 Å². The van der Waals surface area contributed by atoms with Crippen LogP contribution in [0, 0.1) is 11.8 Å². The van der Waals surface area contributed by atoms with Crippen LogP contribution in [0.15, 0.2) is 17.3 Å². The molecule has 1 aliphatic rings. The van der Waals surface area contributed by atoms with Crippen molar-refractivity contribution in [1.82, 2.24) is 0 Å². The molecular formula is C8H13NO. The third-order valence-electron chi connectivity index (χ3n) is 2.04. The summed E-state index contributed by atoms with van der Waals surface area (Å²) in [5, 5.41) is 11.3. The highest BCUT2D eigenvalue weighted by molar-refractivity contribution is 5.60. The van der Waals surface area contributed by atoms with Crippen LogP contribution in [0.4, 0.5) is 0 Å². The van der Waals surface area contributed by atoms with E-state index < -0.39 is 0 Å². The van der Waals surface area contributed by atoms with Gasteiger partial charge in [-0.3, -0.25) is 0 Å². The van der Waals surface area contributed by atoms with Gasteiger partial charge in [0.2, 0.25) is 0 Å². The lowest BCUT2D eigenvalue weighted by Crippen LogP contribution is -2.13. The van der Waals surface area contributed by atoms with Crippen molar-refractivity contribution in [1.29, 1.82) is 0 Å². The van der Waals surface area contributed by atoms with Crippen LogP contribution in [0.5, 0.6) is 0 Å². The van der Waals surface area contributed by atoms with Gasteiger partial charge >= 0.3 is 0 Å². The fourth-order valence-electron chi connectivity index (χ4n) is 1.30. The second kappa shape index (κ2) is 3.40. The number of hydrogen-bond acceptors (Lipinski definition) is 2. The summed E-state index contributed by atoms with van der Waals surface area (Å²) in [4.78, 5) is 0. The highest BCUT2D eigenvalue weighted by Crippen LogP contribution is 2.22. The van der Waals surface area contributed by atoms with Gasteiger partial charge in [0.1, 0.15) is 0 Å². The average molecular weight is 139 g/mol. The zero-order chi connectivity index (χ0) is 7.40. The Labute approximate surface area is 61.2 Å². The van der Waals surface area contributed by atoms with Crippen molar-refractivity contribution in [2.45, 2.75) is 19.8 Å². The van der Waals surface area contributed by atoms with E-state index in [1.807, 2.05) is 0 Å². The van der Waals surface area contributed by atoms with Crippen LogP contribution in [0.2, 0.25) is 0 Å². The van der Waals surface area contributed by atoms with Crippen molar-refractivity contribution in [3.05, 3.63) is 12.2 Å². The molecule has 1 rings (SSSR count). The van der Waals surface area contributed by atoms with Crippen molar-refractivity contribution >= 4 is 6.21 Å². The van der Waals surface area contributed by atoms with Gasteiger partial charge in [-0.1, -0.05) is 19.1 Å². The highest BCUT2D eigenvalue weighted by Gasteiger charge is 2.14. The van der Waals surface area contributed by atoms with Gasteiger partial charge in [0.05, 0.1) is 0 Å². The Kier molecular flexibility index (Phi) is 2.49. The SMILES string of the molecule is CC1C=CCCC1/C=N/O. The van der Waals surface area contributed by atoms with Crippen LogP contribution in [-0.2, 0) is 0 Å². The van der Waals surface area contributed by atoms with Crippen LogP contribution < -0.4 is 0 Å². The molecule has 0 bridgehead atoms. The maximum atomic E-state index is 8.28. The smallest absolute Gasteiger partial charge is 0.0472 e. The maximum Gasteiger partial charge on any atom is 0.0472 e. The second-order valence-corrected chi connectivity index (χ2v) is 2.79. The molecule has 0 spiro atoms. The average Bonchev–Trinajstić information content (AvgIpc) is 1.94. The summed E-state index contributed by atoms with van der Waals surface area (Å²) >= 11 is 0. The number of hydrogen-bond donors (Lipinski definition) is 1. The Bertz CT molecular complexity index is 151. The quantitative estimate of drug-likeness (QED) is 0.256. The topological polar surface area (TPSA) is 32.6 Å². The molecule has 56 valence electrons. The third-order valence-corrected chi connectivity index (χ3v) is 2.04. The zero-order valence-electron chi connectivity index (χ0n) is 6.20. The van der Waals surface area contributed by atoms with Crippen molar-refractivity contribution in [2.24, 2.45) is 17.0 Å². The Morgan fingerprint density at radius 1 is 1.70 bits per heavy atom. The summed E-state index contributed by atoms with van der Waals surface area (Å²) in [5.41, 5.74) is 0. The van der Waals surface area contributed by atoms with Crippen molar-refractivity contribution in [2.75, 3.05) is 0 Å². The molecule has 2 atom stereocenters. The van der Waals surface area contributed by atoms with Crippen LogP contribution in [0.25, 0.3) is 0 Å². The molecule has 0 aliphatic heterocycles. The molecule has 1 aliphatic carbocycles. The van der Waals surface area contributed by atoms with Crippen molar-refractivity contribution in [3.8, 4) is 0 Å². The molecule has 10 heavy (non-hydrogen) atoms. The molecule has 2 heteroatoms. The van der Waals surface area contributed by atoms with Gasteiger partial charge in [-0.2, -0.15) is 0 Å². The van der Waals surface area contributed by atoms with E-state index in [0.717, 1.165) is 12.8 Å². The minimum absolute atomic E-state index is 0.440. The van der Waals surface area contributed by atoms with Crippen molar-refractivity contribution < 1.29 is 5.21 Å². The van der Waals surface area contributed by atoms with E-state index in [4.69, 9.17) is 5.21 Å². The number of nitrogens with zero attached hydrogens (tertiary/aromatic N) is 1. The molecule has 0 amide bonds. The molecule has 0 radical (unpaired) electrons. The first-order valence-corrected chi connectivity index (χ1v) is 3.69. The minimum atomic E-state index is 0.440. The Morgan fingerprint density at radius 3 is 3.10 bits per heavy atom. The van der Waals surface area contributed by atoms with Crippen LogP contribution in [0.3, 0.4) is 0 Å². The number of rotatable bonds is 1. The zero-order valence-corrected chi connectivity index (χ0v) is 6.20. The lowest BCUT2D eigenvalue weighted by molar-refractivity contribution is 0.314. The first-order chi connectivity index (χ1) is 4.84. The summed E-state index contributed by atoms with van der Waals surface area (Å²) in [5.74, 6) is 0.972. The molecule has 0 heterocycles. The van der Waals surface area contributed by atoms with Gasteiger partial charge in [-0.05, 0) is 18.8 Å². The van der Waals surface area contributed by atoms with Gasteiger partial charge in [-0.25, -0.2) is 0 Å². The van der Waals surface area contributed by atoms with E-state index >= 15 is 0 Å². The van der Waals surface area contributed by atoms with Crippen LogP contribution >= 0.6 is 0 Å². The summed E-state index contributed by atoms with van der Waals surface area (Å²) < 4.78 is 0. The maximum absolute atomic E-state index is 8.28. The second-order valence-electron chi connectivity index (χ2n) is 2.79. The predicted molar refractivity (Wildman–Crippen MR) is 41.3 cm³/mol. The molecule has 2 nitrogen and oxygen atoms in total. The van der Waals surface area contributed by atoms with Crippen LogP contribution in [-0.4, -0.2) is 11.4 Å². The first-order valence-electron chi connectivity index (χ1n) is 3.69. The largest absolute Gasteiger partial charge is 0.411 e. The van der Waals surface area contributed by atoms with E-state index in [2.05, 4.69) is 24.2 Å². The normalized spacial score (nSPS) is 33.3. The van der Waals surface area contributed by atoms with Crippen LogP contribution in [0.1, 0.15) is 19.8 Å². The molecule has 0 aromatic heterocycles. The molecule has 0 aromatic rings. The Balaban J connectivity index is 2.52. The summed E-state index contributed by atoms with van der Waals surface area (Å²) in [6.07, 6.45) is 8.22. The fourth-order valence-corrected chi connectivity index (χ4v) is 1.30. The highest BCUT2D eigenvalue weighted by atomic mass is 16.4. The number of allylic oxidation sites excluding steroid dienone is 2. The minimum Gasteiger partial charge on any atom is -0.411 e. The van der Waals surface area contributed by atoms with E-state index in [0.29, 0.717) is 11.8 Å². The van der Waals surface area contributed by atoms with Gasteiger partial charge in [-0.15, -0.1) is 5.16 Å². The molecule has 1 N–H and O–H groups in total. The third kappa shape index (κ3) is 1.59. The molecule has 0 saturated carbocycles. The van der Waals surface area contributed by atoms with Gasteiger partial charge in [0, 0.05) is 12.1 Å². The van der Waals surface area contributed by atoms with Crippen molar-refractivity contribution in [3.63, 3.8) is 0 Å². The molecule has 0 aromatic carbocycles. The molecule has 0 saturated heterocycles. The van der Waals surface area contributed by atoms with E-state index in [1.165, 1.54) is 0 Å². The van der Waals surface area contributed by atoms with E-state index in [1.54, 1.807) is 6.21 Å². The summed E-state index contributed by atoms with van der Waals surface area (Å²) in [7, 11) is 0. The summed E-state index contributed by atoms with van der Waals surface area (Å²) in [6.45, 7) is 2.14. The van der Waals surface area contributed by atoms with E-state index in [9.17, 15) is 0 Å². The molecule has 0 fully saturated rings. The number of oxime groups is 1. The monoisotopic (exact) mass is 139 g/mol. The van der Waals surface area contributed by atoms with Gasteiger partial charge in [0.25, 0.3) is 0 Å². The molecular weight excluding hydrogens is 126 g/mol. The van der Waals surface area contributed by atoms with E-state index in [-0.39, 0.29) is 0 Å². The Hall–Kier alpha value is -0.790. The predicted octanol–water partition coefficient (Wildman–Crippen LogP) is 2.05.